The second-order valence-corrected chi connectivity index (χ2v) is 3.70. The molecule has 0 N–H and O–H groups in total. The Morgan fingerprint density at radius 2 is 2.33 bits per heavy atom. The molecule has 15 heavy (non-hydrogen) atoms. The molecule has 0 saturated heterocycles. The number of methoxy groups -OCH3 is 2. The topological polar surface area (TPSA) is 53.4 Å². The van der Waals surface area contributed by atoms with E-state index in [4.69, 9.17) is 4.74 Å². The molecule has 0 bridgehead atoms. The minimum Gasteiger partial charge on any atom is -0.464 e. The maximum atomic E-state index is 11.4. The van der Waals surface area contributed by atoms with Gasteiger partial charge in [-0.2, -0.15) is 5.10 Å². The highest BCUT2D eigenvalue weighted by molar-refractivity contribution is 7.97. The highest BCUT2D eigenvalue weighted by Crippen LogP contribution is 2.10. The van der Waals surface area contributed by atoms with Crippen molar-refractivity contribution in [2.24, 2.45) is 0 Å². The fraction of sp³-hybridized carbons (Fsp3) is 0.556. The van der Waals surface area contributed by atoms with Gasteiger partial charge in [-0.15, -0.1) is 11.8 Å². The zero-order chi connectivity index (χ0) is 11.3. The Hall–Kier alpha value is -1.01. The molecule has 0 aliphatic carbocycles. The number of thioether (sulfide) groups is 1. The summed E-state index contributed by atoms with van der Waals surface area (Å²) in [5, 5.41) is 4.23. The van der Waals surface area contributed by atoms with E-state index in [1.165, 1.54) is 7.11 Å². The molecule has 0 radical (unpaired) electrons. The molecule has 0 aromatic carbocycles. The van der Waals surface area contributed by atoms with Crippen molar-refractivity contribution < 1.29 is 14.3 Å². The van der Waals surface area contributed by atoms with Crippen LogP contribution in [0.1, 0.15) is 16.2 Å². The maximum Gasteiger partial charge on any atom is 0.356 e. The summed E-state index contributed by atoms with van der Waals surface area (Å²) in [5.74, 6) is 0.243. The molecule has 5 nitrogen and oxygen atoms in total. The van der Waals surface area contributed by atoms with Gasteiger partial charge in [0, 0.05) is 7.11 Å². The first-order valence-corrected chi connectivity index (χ1v) is 5.75. The molecule has 1 aromatic heterocycles. The molecule has 0 fully saturated rings. The summed E-state index contributed by atoms with van der Waals surface area (Å²) in [5.41, 5.74) is 1.19. The summed E-state index contributed by atoms with van der Waals surface area (Å²) in [6.45, 7) is 0.394. The van der Waals surface area contributed by atoms with Gasteiger partial charge in [0.25, 0.3) is 0 Å². The molecule has 0 atom stereocenters. The molecule has 1 heterocycles. The number of hydrogen-bond acceptors (Lipinski definition) is 5. The van der Waals surface area contributed by atoms with Crippen LogP contribution in [0.25, 0.3) is 0 Å². The summed E-state index contributed by atoms with van der Waals surface area (Å²) in [6, 6.07) is 1.69. The SMILES string of the molecule is COCc1cc(C(=O)OC)n(CSC)n1. The lowest BCUT2D eigenvalue weighted by Crippen LogP contribution is -2.10. The molecule has 0 amide bonds. The van der Waals surface area contributed by atoms with E-state index in [-0.39, 0.29) is 5.97 Å². The molecule has 0 spiro atoms. The van der Waals surface area contributed by atoms with Gasteiger partial charge in [-0.3, -0.25) is 0 Å². The highest BCUT2D eigenvalue weighted by Gasteiger charge is 2.15. The minimum atomic E-state index is -0.376. The van der Waals surface area contributed by atoms with Crippen LogP contribution in [0, 0.1) is 0 Å². The van der Waals surface area contributed by atoms with Gasteiger partial charge in [0.15, 0.2) is 0 Å². The summed E-state index contributed by atoms with van der Waals surface area (Å²) in [4.78, 5) is 11.4. The fourth-order valence-electron chi connectivity index (χ4n) is 1.18. The molecular formula is C9H14N2O3S. The summed E-state index contributed by atoms with van der Waals surface area (Å²) in [6.07, 6.45) is 1.94. The third-order valence-electron chi connectivity index (χ3n) is 1.77. The molecule has 0 aliphatic rings. The van der Waals surface area contributed by atoms with Crippen LogP contribution < -0.4 is 0 Å². The standard InChI is InChI=1S/C9H14N2O3S/c1-13-5-7-4-8(9(12)14-2)11(10-7)6-15-3/h4H,5-6H2,1-3H3. The highest BCUT2D eigenvalue weighted by atomic mass is 32.2. The van der Waals surface area contributed by atoms with Crippen LogP contribution in [-0.2, 0) is 22.0 Å². The second kappa shape index (κ2) is 5.77. The molecule has 0 saturated carbocycles. The summed E-state index contributed by atoms with van der Waals surface area (Å²) in [7, 11) is 2.94. The molecule has 0 aliphatic heterocycles. The van der Waals surface area contributed by atoms with E-state index in [1.807, 2.05) is 6.26 Å². The van der Waals surface area contributed by atoms with Crippen molar-refractivity contribution in [2.75, 3.05) is 20.5 Å². The van der Waals surface area contributed by atoms with Gasteiger partial charge in [-0.1, -0.05) is 0 Å². The Kier molecular flexibility index (Phi) is 4.64. The molecule has 6 heteroatoms. The number of carbonyl (C=O) groups is 1. The number of hydrogen-bond donors (Lipinski definition) is 0. The monoisotopic (exact) mass is 230 g/mol. The van der Waals surface area contributed by atoms with Gasteiger partial charge in [0.2, 0.25) is 0 Å². The van der Waals surface area contributed by atoms with Gasteiger partial charge in [0.1, 0.15) is 5.69 Å². The fourth-order valence-corrected chi connectivity index (χ4v) is 1.62. The van der Waals surface area contributed by atoms with Gasteiger partial charge in [-0.05, 0) is 12.3 Å². The van der Waals surface area contributed by atoms with Crippen LogP contribution in [-0.4, -0.2) is 36.2 Å². The Bertz CT molecular complexity index is 338. The third kappa shape index (κ3) is 2.97. The van der Waals surface area contributed by atoms with Crippen LogP contribution in [0.4, 0.5) is 0 Å². The van der Waals surface area contributed by atoms with Crippen molar-refractivity contribution in [2.45, 2.75) is 12.5 Å². The number of nitrogens with zero attached hydrogens (tertiary/aromatic N) is 2. The lowest BCUT2D eigenvalue weighted by molar-refractivity contribution is 0.0588. The first-order valence-electron chi connectivity index (χ1n) is 4.35. The number of rotatable bonds is 5. The van der Waals surface area contributed by atoms with Crippen molar-refractivity contribution in [3.8, 4) is 0 Å². The first kappa shape index (κ1) is 12.1. The molecule has 1 rings (SSSR count). The predicted molar refractivity (Wildman–Crippen MR) is 57.8 cm³/mol. The summed E-state index contributed by atoms with van der Waals surface area (Å²) >= 11 is 1.58. The maximum absolute atomic E-state index is 11.4. The van der Waals surface area contributed by atoms with Crippen molar-refractivity contribution in [1.29, 1.82) is 0 Å². The normalized spacial score (nSPS) is 10.3. The average molecular weight is 230 g/mol. The molecule has 0 unspecified atom stereocenters. The van der Waals surface area contributed by atoms with Crippen molar-refractivity contribution in [3.63, 3.8) is 0 Å². The first-order chi connectivity index (χ1) is 7.22. The molecular weight excluding hydrogens is 216 g/mol. The van der Waals surface area contributed by atoms with E-state index in [2.05, 4.69) is 9.84 Å². The Labute approximate surface area is 92.7 Å². The largest absolute Gasteiger partial charge is 0.464 e. The molecule has 1 aromatic rings. The summed E-state index contributed by atoms with van der Waals surface area (Å²) < 4.78 is 11.2. The number of ether oxygens (including phenoxy) is 2. The van der Waals surface area contributed by atoms with Crippen molar-refractivity contribution >= 4 is 17.7 Å². The van der Waals surface area contributed by atoms with Crippen molar-refractivity contribution in [3.05, 3.63) is 17.5 Å². The number of carbonyl (C=O) groups excluding carboxylic acids is 1. The Balaban J connectivity index is 2.94. The van der Waals surface area contributed by atoms with E-state index < -0.39 is 0 Å². The van der Waals surface area contributed by atoms with E-state index >= 15 is 0 Å². The van der Waals surface area contributed by atoms with E-state index in [1.54, 1.807) is 29.6 Å². The zero-order valence-electron chi connectivity index (χ0n) is 9.02. The van der Waals surface area contributed by atoms with Gasteiger partial charge < -0.3 is 9.47 Å². The quantitative estimate of drug-likeness (QED) is 0.710. The van der Waals surface area contributed by atoms with Crippen LogP contribution in [0.15, 0.2) is 6.07 Å². The van der Waals surface area contributed by atoms with Crippen LogP contribution in [0.2, 0.25) is 0 Å². The zero-order valence-corrected chi connectivity index (χ0v) is 9.84. The lowest BCUT2D eigenvalue weighted by Gasteiger charge is -2.02. The predicted octanol–water partition coefficient (Wildman–Crippen LogP) is 1.14. The van der Waals surface area contributed by atoms with E-state index in [0.29, 0.717) is 18.2 Å². The van der Waals surface area contributed by atoms with Crippen LogP contribution in [0.5, 0.6) is 0 Å². The minimum absolute atomic E-state index is 0.376. The van der Waals surface area contributed by atoms with Crippen LogP contribution in [0.3, 0.4) is 0 Å². The Morgan fingerprint density at radius 3 is 2.87 bits per heavy atom. The van der Waals surface area contributed by atoms with Gasteiger partial charge in [0.05, 0.1) is 25.3 Å². The van der Waals surface area contributed by atoms with Gasteiger partial charge in [-0.25, -0.2) is 9.48 Å². The third-order valence-corrected chi connectivity index (χ3v) is 2.27. The van der Waals surface area contributed by atoms with Crippen molar-refractivity contribution in [1.82, 2.24) is 9.78 Å². The second-order valence-electron chi connectivity index (χ2n) is 2.86. The van der Waals surface area contributed by atoms with Crippen LogP contribution >= 0.6 is 11.8 Å². The number of esters is 1. The smallest absolute Gasteiger partial charge is 0.356 e. The Morgan fingerprint density at radius 1 is 1.60 bits per heavy atom. The molecule has 84 valence electrons. The lowest BCUT2D eigenvalue weighted by atomic mass is 10.3. The average Bonchev–Trinajstić information content (AvgIpc) is 2.61. The van der Waals surface area contributed by atoms with E-state index in [9.17, 15) is 4.79 Å². The van der Waals surface area contributed by atoms with E-state index in [0.717, 1.165) is 5.69 Å². The van der Waals surface area contributed by atoms with Gasteiger partial charge >= 0.3 is 5.97 Å². The number of aromatic nitrogens is 2.